The zero-order valence-electron chi connectivity index (χ0n) is 16.5. The lowest BCUT2D eigenvalue weighted by Gasteiger charge is -2.55. The molecule has 1 N–H and O–H groups in total. The van der Waals surface area contributed by atoms with Gasteiger partial charge in [-0.15, -0.1) is 0 Å². The summed E-state index contributed by atoms with van der Waals surface area (Å²) < 4.78 is 21.8. The maximum Gasteiger partial charge on any atom is 0.195 e. The van der Waals surface area contributed by atoms with Gasteiger partial charge in [-0.25, -0.2) is 4.39 Å². The van der Waals surface area contributed by atoms with Crippen LogP contribution in [0.3, 0.4) is 0 Å². The standard InChI is InChI=1S/C22H27FO4S/c1-11-6-13-14-8-16(23)15-7-12(25)4-5-21(15,3)22(14)17(27-22)9-20(13,2)18(11)19(26)28-10-24/h4-5,7,11,13-14,16-18,24H,6,8-10H2,1-3H3. The highest BCUT2D eigenvalue weighted by Crippen LogP contribution is 2.76. The van der Waals surface area contributed by atoms with E-state index in [1.54, 1.807) is 6.08 Å². The van der Waals surface area contributed by atoms with Crippen LogP contribution >= 0.6 is 11.8 Å². The van der Waals surface area contributed by atoms with Crippen molar-refractivity contribution in [3.8, 4) is 0 Å². The van der Waals surface area contributed by atoms with Crippen LogP contribution in [-0.4, -0.2) is 39.8 Å². The minimum absolute atomic E-state index is 0.0165. The van der Waals surface area contributed by atoms with Crippen LogP contribution in [0.1, 0.15) is 40.0 Å². The smallest absolute Gasteiger partial charge is 0.195 e. The molecule has 1 saturated heterocycles. The monoisotopic (exact) mass is 406 g/mol. The first-order valence-corrected chi connectivity index (χ1v) is 11.2. The molecule has 3 saturated carbocycles. The highest BCUT2D eigenvalue weighted by molar-refractivity contribution is 8.13. The van der Waals surface area contributed by atoms with E-state index in [1.807, 2.05) is 13.0 Å². The van der Waals surface area contributed by atoms with Crippen molar-refractivity contribution in [2.45, 2.75) is 57.9 Å². The first-order chi connectivity index (χ1) is 13.2. The first-order valence-electron chi connectivity index (χ1n) is 10.2. The van der Waals surface area contributed by atoms with Crippen molar-refractivity contribution in [1.82, 2.24) is 0 Å². The number of carbonyl (C=O) groups is 2. The Hall–Kier alpha value is -0.980. The average Bonchev–Trinajstić information content (AvgIpc) is 3.27. The number of hydrogen-bond donors (Lipinski definition) is 1. The van der Waals surface area contributed by atoms with Crippen molar-refractivity contribution in [3.05, 3.63) is 23.8 Å². The Morgan fingerprint density at radius 3 is 2.82 bits per heavy atom. The molecule has 4 nitrogen and oxygen atoms in total. The van der Waals surface area contributed by atoms with E-state index in [0.29, 0.717) is 12.0 Å². The number of carbonyl (C=O) groups excluding carboxylic acids is 2. The van der Waals surface area contributed by atoms with E-state index < -0.39 is 17.2 Å². The number of alkyl halides is 1. The fraction of sp³-hybridized carbons (Fsp3) is 0.727. The molecule has 0 amide bonds. The van der Waals surface area contributed by atoms with Crippen molar-refractivity contribution in [3.63, 3.8) is 0 Å². The first kappa shape index (κ1) is 19.0. The van der Waals surface area contributed by atoms with Gasteiger partial charge in [0.05, 0.1) is 12.0 Å². The number of halogens is 1. The molecule has 5 aliphatic rings. The number of aliphatic hydroxyl groups is 1. The van der Waals surface area contributed by atoms with Crippen LogP contribution in [0.4, 0.5) is 4.39 Å². The summed E-state index contributed by atoms with van der Waals surface area (Å²) >= 11 is 0.991. The lowest BCUT2D eigenvalue weighted by Crippen LogP contribution is -2.59. The fourth-order valence-corrected chi connectivity index (χ4v) is 8.47. The number of allylic oxidation sites excluding steroid dienone is 2. The summed E-state index contributed by atoms with van der Waals surface area (Å²) in [6, 6.07) is 0. The molecule has 1 heterocycles. The molecule has 9 unspecified atom stereocenters. The fourth-order valence-electron chi connectivity index (χ4n) is 7.66. The van der Waals surface area contributed by atoms with Crippen LogP contribution in [0.5, 0.6) is 0 Å². The zero-order valence-corrected chi connectivity index (χ0v) is 17.3. The third-order valence-electron chi connectivity index (χ3n) is 8.72. The van der Waals surface area contributed by atoms with Crippen molar-refractivity contribution in [2.75, 3.05) is 5.94 Å². The van der Waals surface area contributed by atoms with Crippen molar-refractivity contribution in [1.29, 1.82) is 0 Å². The van der Waals surface area contributed by atoms with E-state index >= 15 is 4.39 Å². The van der Waals surface area contributed by atoms with Crippen LogP contribution < -0.4 is 0 Å². The van der Waals surface area contributed by atoms with Gasteiger partial charge in [0.15, 0.2) is 10.9 Å². The molecular formula is C22H27FO4S. The van der Waals surface area contributed by atoms with E-state index in [4.69, 9.17) is 4.74 Å². The van der Waals surface area contributed by atoms with Gasteiger partial charge in [0.25, 0.3) is 0 Å². The lowest BCUT2D eigenvalue weighted by molar-refractivity contribution is -0.121. The summed E-state index contributed by atoms with van der Waals surface area (Å²) in [5.74, 6) is -0.0365. The lowest BCUT2D eigenvalue weighted by atomic mass is 9.47. The predicted octanol–water partition coefficient (Wildman–Crippen LogP) is 3.45. The second kappa shape index (κ2) is 5.79. The van der Waals surface area contributed by atoms with Crippen molar-refractivity contribution < 1.29 is 23.8 Å². The number of rotatable bonds is 2. The second-order valence-corrected chi connectivity index (χ2v) is 10.8. The van der Waals surface area contributed by atoms with Gasteiger partial charge in [-0.3, -0.25) is 9.59 Å². The Labute approximate surface area is 169 Å². The predicted molar refractivity (Wildman–Crippen MR) is 104 cm³/mol. The molecule has 1 aliphatic heterocycles. The van der Waals surface area contributed by atoms with Gasteiger partial charge >= 0.3 is 0 Å². The number of ether oxygens (including phenoxy) is 1. The SMILES string of the molecule is CC1CC2C3CC(F)C4=CC(=O)C=CC4(C)C34OC4CC2(C)C1C(=O)SCO. The number of hydrogen-bond acceptors (Lipinski definition) is 5. The highest BCUT2D eigenvalue weighted by atomic mass is 32.2. The van der Waals surface area contributed by atoms with Crippen molar-refractivity contribution >= 4 is 22.7 Å². The Kier molecular flexibility index (Phi) is 3.93. The topological polar surface area (TPSA) is 66.9 Å². The molecule has 9 atom stereocenters. The molecule has 0 aromatic rings. The van der Waals surface area contributed by atoms with Gasteiger partial charge in [-0.05, 0) is 67.1 Å². The summed E-state index contributed by atoms with van der Waals surface area (Å²) in [5.41, 5.74) is -0.721. The molecule has 5 rings (SSSR count). The molecule has 4 aliphatic carbocycles. The van der Waals surface area contributed by atoms with Crippen molar-refractivity contribution in [2.24, 2.45) is 34.5 Å². The van der Waals surface area contributed by atoms with Crippen LogP contribution in [0.2, 0.25) is 0 Å². The van der Waals surface area contributed by atoms with Crippen LogP contribution in [0.15, 0.2) is 23.8 Å². The van der Waals surface area contributed by atoms with Gasteiger partial charge in [-0.2, -0.15) is 0 Å². The molecule has 0 radical (unpaired) electrons. The highest BCUT2D eigenvalue weighted by Gasteiger charge is 2.80. The van der Waals surface area contributed by atoms with E-state index in [0.717, 1.165) is 24.6 Å². The van der Waals surface area contributed by atoms with Crippen LogP contribution in [0.25, 0.3) is 0 Å². The van der Waals surface area contributed by atoms with Gasteiger partial charge in [0, 0.05) is 11.3 Å². The minimum atomic E-state index is -1.15. The minimum Gasteiger partial charge on any atom is -0.385 e. The average molecular weight is 407 g/mol. The summed E-state index contributed by atoms with van der Waals surface area (Å²) in [6.45, 7) is 6.31. The Morgan fingerprint density at radius 1 is 1.36 bits per heavy atom. The van der Waals surface area contributed by atoms with Gasteiger partial charge < -0.3 is 9.84 Å². The largest absolute Gasteiger partial charge is 0.385 e. The van der Waals surface area contributed by atoms with Gasteiger partial charge in [0.1, 0.15) is 11.8 Å². The van der Waals surface area contributed by atoms with E-state index in [1.165, 1.54) is 6.08 Å². The number of ketones is 1. The maximum atomic E-state index is 15.3. The number of fused-ring (bicyclic) bond motifs is 3. The van der Waals surface area contributed by atoms with Gasteiger partial charge in [-0.1, -0.05) is 31.7 Å². The third-order valence-corrected chi connectivity index (χ3v) is 9.39. The molecule has 28 heavy (non-hydrogen) atoms. The maximum absolute atomic E-state index is 15.3. The second-order valence-electron chi connectivity index (χ2n) is 9.85. The molecule has 0 bridgehead atoms. The number of aliphatic hydroxyl groups excluding tert-OH is 1. The summed E-state index contributed by atoms with van der Waals surface area (Å²) in [5, 5.41) is 9.31. The molecule has 1 spiro atoms. The molecule has 0 aromatic heterocycles. The van der Waals surface area contributed by atoms with E-state index in [9.17, 15) is 14.7 Å². The zero-order chi connectivity index (χ0) is 20.1. The third kappa shape index (κ3) is 2.09. The summed E-state index contributed by atoms with van der Waals surface area (Å²) in [4.78, 5) is 24.7. The molecule has 152 valence electrons. The molecular weight excluding hydrogens is 379 g/mol. The summed E-state index contributed by atoms with van der Waals surface area (Å²) in [6.07, 6.45) is 5.75. The van der Waals surface area contributed by atoms with E-state index in [-0.39, 0.29) is 52.0 Å². The number of thioether (sulfide) groups is 1. The quantitative estimate of drug-likeness (QED) is 0.562. The Balaban J connectivity index is 1.57. The Morgan fingerprint density at radius 2 is 2.11 bits per heavy atom. The normalized spacial score (nSPS) is 53.6. The summed E-state index contributed by atoms with van der Waals surface area (Å²) in [7, 11) is 0. The van der Waals surface area contributed by atoms with Gasteiger partial charge in [0.2, 0.25) is 0 Å². The Bertz CT molecular complexity index is 823. The molecule has 0 aromatic carbocycles. The van der Waals surface area contributed by atoms with E-state index in [2.05, 4.69) is 13.8 Å². The molecule has 6 heteroatoms. The van der Waals surface area contributed by atoms with Crippen LogP contribution in [0, 0.1) is 34.5 Å². The number of epoxide rings is 1. The molecule has 4 fully saturated rings. The van der Waals surface area contributed by atoms with Crippen LogP contribution in [-0.2, 0) is 14.3 Å².